The molecule has 1 aromatic heterocycles. The molecule has 0 fully saturated rings. The first-order valence-corrected chi connectivity index (χ1v) is 8.48. The van der Waals surface area contributed by atoms with Gasteiger partial charge < -0.3 is 25.0 Å². The molecule has 0 bridgehead atoms. The Labute approximate surface area is 168 Å². The average Bonchev–Trinajstić information content (AvgIpc) is 3.23. The molecular weight excluding hydrogens is 453 g/mol. The molecule has 0 saturated heterocycles. The summed E-state index contributed by atoms with van der Waals surface area (Å²) in [6.07, 6.45) is 0. The maximum Gasteiger partial charge on any atom is 0.231 e. The monoisotopic (exact) mass is 475 g/mol. The van der Waals surface area contributed by atoms with Gasteiger partial charge in [-0.15, -0.1) is 35.3 Å². The minimum Gasteiger partial charge on any atom is -0.454 e. The highest BCUT2D eigenvalue weighted by molar-refractivity contribution is 14.0. The SMILES string of the molecule is CN=C(NCc1ccc2c(c1)OCO2)NCc1csc(N(C)C)n1.I. The highest BCUT2D eigenvalue weighted by Gasteiger charge is 2.13. The first-order chi connectivity index (χ1) is 11.7. The lowest BCUT2D eigenvalue weighted by atomic mass is 10.2. The number of hydrogen-bond acceptors (Lipinski definition) is 6. The Bertz CT molecular complexity index is 735. The molecule has 0 amide bonds. The third-order valence-corrected chi connectivity index (χ3v) is 4.54. The summed E-state index contributed by atoms with van der Waals surface area (Å²) in [7, 11) is 5.73. The van der Waals surface area contributed by atoms with Gasteiger partial charge in [-0.25, -0.2) is 4.98 Å². The molecule has 1 aromatic carbocycles. The number of benzene rings is 1. The molecule has 0 radical (unpaired) electrons. The molecule has 1 aliphatic heterocycles. The molecule has 0 unspecified atom stereocenters. The van der Waals surface area contributed by atoms with Gasteiger partial charge in [0.2, 0.25) is 6.79 Å². The predicted molar refractivity (Wildman–Crippen MR) is 111 cm³/mol. The smallest absolute Gasteiger partial charge is 0.231 e. The van der Waals surface area contributed by atoms with Crippen LogP contribution in [0.25, 0.3) is 0 Å². The number of nitrogens with one attached hydrogen (secondary N) is 2. The highest BCUT2D eigenvalue weighted by Crippen LogP contribution is 2.32. The van der Waals surface area contributed by atoms with E-state index in [2.05, 4.69) is 20.6 Å². The van der Waals surface area contributed by atoms with Crippen molar-refractivity contribution in [3.8, 4) is 11.5 Å². The number of aliphatic imine (C=N–C) groups is 1. The van der Waals surface area contributed by atoms with E-state index in [1.807, 2.05) is 42.6 Å². The number of rotatable bonds is 5. The zero-order valence-electron chi connectivity index (χ0n) is 14.4. The first-order valence-electron chi connectivity index (χ1n) is 7.60. The summed E-state index contributed by atoms with van der Waals surface area (Å²) in [6.45, 7) is 1.57. The fourth-order valence-electron chi connectivity index (χ4n) is 2.21. The third-order valence-electron chi connectivity index (χ3n) is 3.48. The van der Waals surface area contributed by atoms with E-state index in [9.17, 15) is 0 Å². The van der Waals surface area contributed by atoms with Crippen LogP contribution in [0, 0.1) is 0 Å². The number of fused-ring (bicyclic) bond motifs is 1. The lowest BCUT2D eigenvalue weighted by Crippen LogP contribution is -2.36. The van der Waals surface area contributed by atoms with E-state index in [1.54, 1.807) is 18.4 Å². The zero-order chi connectivity index (χ0) is 16.9. The highest BCUT2D eigenvalue weighted by atomic mass is 127. The number of ether oxygens (including phenoxy) is 2. The standard InChI is InChI=1S/C16H21N5O2S.HI/c1-17-15(19-8-12-9-24-16(20-12)21(2)3)18-7-11-4-5-13-14(6-11)23-10-22-13;/h4-6,9H,7-8,10H2,1-3H3,(H2,17,18,19);1H. The molecule has 0 spiro atoms. The van der Waals surface area contributed by atoms with E-state index >= 15 is 0 Å². The van der Waals surface area contributed by atoms with Gasteiger partial charge in [0.25, 0.3) is 0 Å². The van der Waals surface area contributed by atoms with Crippen LogP contribution in [0.5, 0.6) is 11.5 Å². The normalized spacial score (nSPS) is 12.5. The van der Waals surface area contributed by atoms with Crippen molar-refractivity contribution in [2.45, 2.75) is 13.1 Å². The average molecular weight is 475 g/mol. The summed E-state index contributed by atoms with van der Waals surface area (Å²) in [6, 6.07) is 5.91. The summed E-state index contributed by atoms with van der Waals surface area (Å²) >= 11 is 1.63. The molecule has 0 atom stereocenters. The predicted octanol–water partition coefficient (Wildman–Crippen LogP) is 2.42. The van der Waals surface area contributed by atoms with Crippen molar-refractivity contribution in [3.63, 3.8) is 0 Å². The second kappa shape index (κ2) is 9.09. The van der Waals surface area contributed by atoms with Crippen molar-refractivity contribution in [1.82, 2.24) is 15.6 Å². The molecule has 136 valence electrons. The summed E-state index contributed by atoms with van der Waals surface area (Å²) in [5.74, 6) is 2.31. The molecular formula is C16H22IN5O2S. The van der Waals surface area contributed by atoms with Crippen LogP contribution in [-0.4, -0.2) is 38.9 Å². The van der Waals surface area contributed by atoms with Crippen molar-refractivity contribution in [1.29, 1.82) is 0 Å². The Morgan fingerprint density at radius 2 is 2.00 bits per heavy atom. The quantitative estimate of drug-likeness (QED) is 0.394. The summed E-state index contributed by atoms with van der Waals surface area (Å²) < 4.78 is 10.7. The minimum absolute atomic E-state index is 0. The molecule has 2 N–H and O–H groups in total. The zero-order valence-corrected chi connectivity index (χ0v) is 17.6. The molecule has 0 aliphatic carbocycles. The Balaban J connectivity index is 0.00000225. The lowest BCUT2D eigenvalue weighted by Gasteiger charge is -2.11. The van der Waals surface area contributed by atoms with E-state index in [1.165, 1.54) is 0 Å². The van der Waals surface area contributed by atoms with Gasteiger partial charge in [-0.05, 0) is 17.7 Å². The first kappa shape index (κ1) is 19.6. The van der Waals surface area contributed by atoms with Crippen LogP contribution in [0.4, 0.5) is 5.13 Å². The van der Waals surface area contributed by atoms with Crippen molar-refractivity contribution in [2.24, 2.45) is 4.99 Å². The number of thiazole rings is 1. The second-order valence-electron chi connectivity index (χ2n) is 5.48. The van der Waals surface area contributed by atoms with Crippen molar-refractivity contribution < 1.29 is 9.47 Å². The second-order valence-corrected chi connectivity index (χ2v) is 6.32. The number of halogens is 1. The number of nitrogens with zero attached hydrogens (tertiary/aromatic N) is 3. The van der Waals surface area contributed by atoms with E-state index in [4.69, 9.17) is 9.47 Å². The molecule has 7 nitrogen and oxygen atoms in total. The largest absolute Gasteiger partial charge is 0.454 e. The number of anilines is 1. The number of aromatic nitrogens is 1. The van der Waals surface area contributed by atoms with Crippen LogP contribution < -0.4 is 25.0 Å². The molecule has 2 heterocycles. The van der Waals surface area contributed by atoms with Crippen LogP contribution in [0.1, 0.15) is 11.3 Å². The Kier molecular flexibility index (Phi) is 7.12. The van der Waals surface area contributed by atoms with Crippen molar-refractivity contribution in [2.75, 3.05) is 32.8 Å². The number of hydrogen-bond donors (Lipinski definition) is 2. The van der Waals surface area contributed by atoms with E-state index in [-0.39, 0.29) is 30.8 Å². The topological polar surface area (TPSA) is 71.0 Å². The fourth-order valence-corrected chi connectivity index (χ4v) is 2.97. The molecule has 0 saturated carbocycles. The maximum absolute atomic E-state index is 5.39. The van der Waals surface area contributed by atoms with Crippen LogP contribution in [0.15, 0.2) is 28.6 Å². The summed E-state index contributed by atoms with van der Waals surface area (Å²) in [4.78, 5) is 10.8. The van der Waals surface area contributed by atoms with Crippen molar-refractivity contribution >= 4 is 46.4 Å². The van der Waals surface area contributed by atoms with E-state index < -0.39 is 0 Å². The van der Waals surface area contributed by atoms with Gasteiger partial charge in [0.15, 0.2) is 22.6 Å². The third kappa shape index (κ3) is 5.11. The van der Waals surface area contributed by atoms with Crippen LogP contribution in [0.3, 0.4) is 0 Å². The molecule has 3 rings (SSSR count). The summed E-state index contributed by atoms with van der Waals surface area (Å²) in [5.41, 5.74) is 2.10. The Morgan fingerprint density at radius 3 is 2.72 bits per heavy atom. The van der Waals surface area contributed by atoms with Crippen molar-refractivity contribution in [3.05, 3.63) is 34.8 Å². The van der Waals surface area contributed by atoms with Gasteiger partial charge in [-0.1, -0.05) is 6.07 Å². The fraction of sp³-hybridized carbons (Fsp3) is 0.375. The number of guanidine groups is 1. The lowest BCUT2D eigenvalue weighted by molar-refractivity contribution is 0.174. The minimum atomic E-state index is 0. The van der Waals surface area contributed by atoms with Gasteiger partial charge in [0.05, 0.1) is 12.2 Å². The molecule has 9 heteroatoms. The van der Waals surface area contributed by atoms with E-state index in [0.717, 1.165) is 33.8 Å². The van der Waals surface area contributed by atoms with Crippen LogP contribution in [-0.2, 0) is 13.1 Å². The van der Waals surface area contributed by atoms with Gasteiger partial charge in [-0.2, -0.15) is 0 Å². The summed E-state index contributed by atoms with van der Waals surface area (Å²) in [5, 5.41) is 9.60. The molecule has 1 aliphatic rings. The van der Waals surface area contributed by atoms with Gasteiger partial charge >= 0.3 is 0 Å². The van der Waals surface area contributed by atoms with Crippen LogP contribution in [0.2, 0.25) is 0 Å². The molecule has 2 aromatic rings. The maximum atomic E-state index is 5.39. The van der Waals surface area contributed by atoms with Gasteiger partial charge in [0, 0.05) is 33.1 Å². The van der Waals surface area contributed by atoms with Gasteiger partial charge in [-0.3, -0.25) is 4.99 Å². The van der Waals surface area contributed by atoms with Crippen LogP contribution >= 0.6 is 35.3 Å². The Hall–Kier alpha value is -1.75. The van der Waals surface area contributed by atoms with Gasteiger partial charge in [0.1, 0.15) is 0 Å². The van der Waals surface area contributed by atoms with E-state index in [0.29, 0.717) is 13.1 Å². The molecule has 25 heavy (non-hydrogen) atoms. The Morgan fingerprint density at radius 1 is 1.24 bits per heavy atom.